The van der Waals surface area contributed by atoms with Crippen molar-refractivity contribution in [3.8, 4) is 0 Å². The first-order valence-corrected chi connectivity index (χ1v) is 20.4. The first kappa shape index (κ1) is 45.0. The zero-order valence-corrected chi connectivity index (χ0v) is 34.2. The summed E-state index contributed by atoms with van der Waals surface area (Å²) < 4.78 is 4.11. The van der Waals surface area contributed by atoms with Gasteiger partial charge in [0, 0.05) is 6.42 Å². The summed E-state index contributed by atoms with van der Waals surface area (Å²) in [5.41, 5.74) is 4.23. The molecule has 0 heterocycles. The second kappa shape index (κ2) is 22.9. The van der Waals surface area contributed by atoms with E-state index in [1.54, 1.807) is 56.0 Å². The molecule has 4 aromatic carbocycles. The van der Waals surface area contributed by atoms with E-state index < -0.39 is 58.6 Å². The van der Waals surface area contributed by atoms with Crippen molar-refractivity contribution < 1.29 is 33.8 Å². The summed E-state index contributed by atoms with van der Waals surface area (Å²) >= 11 is 1.80. The summed E-state index contributed by atoms with van der Waals surface area (Å²) in [4.78, 5) is 64.3. The molecule has 0 saturated heterocycles. The quantitative estimate of drug-likeness (QED) is 0.0338. The Morgan fingerprint density at radius 1 is 0.707 bits per heavy atom. The number of methoxy groups -OCH3 is 1. The zero-order chi connectivity index (χ0) is 41.9. The number of ether oxygens (including phenoxy) is 1. The largest absolute Gasteiger partial charge is 0.468 e. The summed E-state index contributed by atoms with van der Waals surface area (Å²) in [6, 6.07) is 37.1. The Balaban J connectivity index is 1.35. The van der Waals surface area contributed by atoms with E-state index in [-0.39, 0.29) is 25.3 Å². The molecule has 11 nitrogen and oxygen atoms in total. The van der Waals surface area contributed by atoms with Gasteiger partial charge in [-0.25, -0.2) is 0 Å². The summed E-state index contributed by atoms with van der Waals surface area (Å²) in [5.74, 6) is -2.63. The number of aliphatic hydroxyl groups is 1. The second-order valence-corrected chi connectivity index (χ2v) is 15.5. The van der Waals surface area contributed by atoms with Crippen LogP contribution in [0.25, 0.3) is 0 Å². The van der Waals surface area contributed by atoms with E-state index in [9.17, 15) is 29.1 Å². The Labute approximate surface area is 345 Å². The van der Waals surface area contributed by atoms with Gasteiger partial charge < -0.3 is 31.1 Å². The van der Waals surface area contributed by atoms with Crippen molar-refractivity contribution in [2.75, 3.05) is 19.4 Å². The van der Waals surface area contributed by atoms with Crippen LogP contribution in [0.1, 0.15) is 55.9 Å². The van der Waals surface area contributed by atoms with Crippen molar-refractivity contribution in [2.24, 2.45) is 5.92 Å². The third-order valence-electron chi connectivity index (χ3n) is 9.46. The molecule has 4 rings (SSSR count). The fourth-order valence-corrected chi connectivity index (χ4v) is 7.88. The van der Waals surface area contributed by atoms with Crippen molar-refractivity contribution in [3.63, 3.8) is 0 Å². The van der Waals surface area contributed by atoms with E-state index in [1.165, 1.54) is 14.0 Å². The molecule has 0 radical (unpaired) electrons. The van der Waals surface area contributed by atoms with Gasteiger partial charge in [0.15, 0.2) is 0 Å². The van der Waals surface area contributed by atoms with E-state index in [1.807, 2.05) is 66.7 Å². The van der Waals surface area contributed by atoms with Gasteiger partial charge in [-0.05, 0) is 47.3 Å². The fourth-order valence-electron chi connectivity index (χ4n) is 6.41. The SMILES string of the molecule is COC(=O)CNC(=O)[C@H](NC(=O)[C@@H](Cc1ccccc1)NC(=O)[C@@H](C)NC(=O)C[C@@H](O)C=CCCSC(c1ccccc1)(c1ccccc1)c1ccccc1)C(C)C. The van der Waals surface area contributed by atoms with E-state index in [2.05, 4.69) is 62.4 Å². The van der Waals surface area contributed by atoms with Gasteiger partial charge in [-0.2, -0.15) is 0 Å². The summed E-state index contributed by atoms with van der Waals surface area (Å²) in [5, 5.41) is 21.2. The number of rotatable bonds is 21. The molecule has 306 valence electrons. The lowest BCUT2D eigenvalue weighted by Gasteiger charge is -2.35. The van der Waals surface area contributed by atoms with Crippen molar-refractivity contribution >= 4 is 41.4 Å². The average molecular weight is 807 g/mol. The maximum absolute atomic E-state index is 13.6. The molecule has 0 aromatic heterocycles. The number of esters is 1. The number of hydrogen-bond donors (Lipinski definition) is 5. The number of thioether (sulfide) groups is 1. The number of benzene rings is 4. The molecule has 0 saturated carbocycles. The highest BCUT2D eigenvalue weighted by molar-refractivity contribution is 8.00. The minimum atomic E-state index is -1.10. The molecule has 4 atom stereocenters. The van der Waals surface area contributed by atoms with E-state index in [0.717, 1.165) is 28.0 Å². The van der Waals surface area contributed by atoms with Crippen LogP contribution in [0.4, 0.5) is 0 Å². The Kier molecular flexibility index (Phi) is 17.7. The van der Waals surface area contributed by atoms with Gasteiger partial charge in [-0.1, -0.05) is 147 Å². The number of allylic oxidation sites excluding steroid dienone is 1. The maximum Gasteiger partial charge on any atom is 0.325 e. The highest BCUT2D eigenvalue weighted by Gasteiger charge is 2.36. The van der Waals surface area contributed by atoms with Gasteiger partial charge in [-0.15, -0.1) is 11.8 Å². The van der Waals surface area contributed by atoms with Crippen LogP contribution >= 0.6 is 11.8 Å². The molecule has 0 aliphatic rings. The first-order valence-electron chi connectivity index (χ1n) is 19.4. The van der Waals surface area contributed by atoms with Gasteiger partial charge >= 0.3 is 5.97 Å². The highest BCUT2D eigenvalue weighted by atomic mass is 32.2. The molecule has 4 amide bonds. The Bertz CT molecular complexity index is 1850. The zero-order valence-electron chi connectivity index (χ0n) is 33.4. The number of carbonyl (C=O) groups is 5. The number of aliphatic hydroxyl groups excluding tert-OH is 1. The number of amides is 4. The summed E-state index contributed by atoms with van der Waals surface area (Å²) in [6.07, 6.45) is 2.84. The Morgan fingerprint density at radius 2 is 1.22 bits per heavy atom. The lowest BCUT2D eigenvalue weighted by molar-refractivity contribution is -0.141. The van der Waals surface area contributed by atoms with Gasteiger partial charge in [-0.3, -0.25) is 24.0 Å². The lowest BCUT2D eigenvalue weighted by atomic mass is 9.84. The normalized spacial score (nSPS) is 13.5. The van der Waals surface area contributed by atoms with Crippen LogP contribution < -0.4 is 21.3 Å². The molecular weight excluding hydrogens is 753 g/mol. The molecule has 12 heteroatoms. The van der Waals surface area contributed by atoms with Crippen LogP contribution in [0.5, 0.6) is 0 Å². The van der Waals surface area contributed by atoms with E-state index in [0.29, 0.717) is 6.42 Å². The minimum absolute atomic E-state index is 0.110. The third-order valence-corrected chi connectivity index (χ3v) is 11.0. The monoisotopic (exact) mass is 806 g/mol. The molecule has 0 fully saturated rings. The summed E-state index contributed by atoms with van der Waals surface area (Å²) in [7, 11) is 1.20. The molecule has 4 aromatic rings. The smallest absolute Gasteiger partial charge is 0.325 e. The maximum atomic E-state index is 13.6. The van der Waals surface area contributed by atoms with Gasteiger partial charge in [0.1, 0.15) is 24.7 Å². The van der Waals surface area contributed by atoms with Crippen molar-refractivity contribution in [1.29, 1.82) is 0 Å². The van der Waals surface area contributed by atoms with Crippen molar-refractivity contribution in [1.82, 2.24) is 21.3 Å². The van der Waals surface area contributed by atoms with E-state index >= 15 is 0 Å². The topological polar surface area (TPSA) is 163 Å². The standard InChI is InChI=1S/C46H54N4O7S/c1-32(2)42(45(56)47-31-41(53)57-4)50-44(55)39(29-34-19-9-5-10-20-34)49-43(54)33(3)48-40(52)30-38(51)27-17-18-28-58-46(35-21-11-6-12-22-35,36-23-13-7-14-24-36)37-25-15-8-16-26-37/h5-17,19-27,32-33,38-39,42,51H,18,28-31H2,1-4H3,(H,47,56)(H,48,52)(H,49,54)(H,50,55)/t33-,38+,39-,42-/m1/s1. The molecule has 0 aliphatic heterocycles. The molecule has 0 spiro atoms. The number of hydrogen-bond acceptors (Lipinski definition) is 8. The van der Waals surface area contributed by atoms with E-state index in [4.69, 9.17) is 0 Å². The lowest BCUT2D eigenvalue weighted by Crippen LogP contribution is -2.58. The predicted molar refractivity (Wildman–Crippen MR) is 228 cm³/mol. The third kappa shape index (κ3) is 13.2. The summed E-state index contributed by atoms with van der Waals surface area (Å²) in [6.45, 7) is 4.60. The predicted octanol–water partition coefficient (Wildman–Crippen LogP) is 5.07. The van der Waals surface area contributed by atoms with Crippen LogP contribution in [0, 0.1) is 5.92 Å². The van der Waals surface area contributed by atoms with Gasteiger partial charge in [0.05, 0.1) is 24.4 Å². The Morgan fingerprint density at radius 3 is 1.72 bits per heavy atom. The van der Waals surface area contributed by atoms with Gasteiger partial charge in [0.2, 0.25) is 23.6 Å². The highest BCUT2D eigenvalue weighted by Crippen LogP contribution is 2.48. The number of nitrogens with one attached hydrogen (secondary N) is 4. The minimum Gasteiger partial charge on any atom is -0.468 e. The van der Waals surface area contributed by atoms with Crippen LogP contribution in [-0.2, 0) is 39.9 Å². The molecule has 5 N–H and O–H groups in total. The van der Waals surface area contributed by atoms with Crippen LogP contribution in [0.15, 0.2) is 133 Å². The fraction of sp³-hybridized carbons (Fsp3) is 0.326. The molecule has 0 unspecified atom stereocenters. The average Bonchev–Trinajstić information content (AvgIpc) is 3.23. The second-order valence-electron chi connectivity index (χ2n) is 14.2. The molecule has 58 heavy (non-hydrogen) atoms. The van der Waals surface area contributed by atoms with Crippen LogP contribution in [0.3, 0.4) is 0 Å². The first-order chi connectivity index (χ1) is 27.9. The van der Waals surface area contributed by atoms with Crippen LogP contribution in [-0.4, -0.2) is 78.3 Å². The Hall–Kier alpha value is -5.72. The van der Waals surface area contributed by atoms with Gasteiger partial charge in [0.25, 0.3) is 0 Å². The van der Waals surface area contributed by atoms with Crippen molar-refractivity contribution in [3.05, 3.63) is 156 Å². The molecular formula is C46H54N4O7S. The van der Waals surface area contributed by atoms with Crippen LogP contribution in [0.2, 0.25) is 0 Å². The number of carbonyl (C=O) groups excluding carboxylic acids is 5. The van der Waals surface area contributed by atoms with Crippen molar-refractivity contribution in [2.45, 2.75) is 69.0 Å². The molecule has 0 bridgehead atoms. The molecule has 0 aliphatic carbocycles.